The van der Waals surface area contributed by atoms with Crippen molar-refractivity contribution in [3.05, 3.63) is 65.7 Å². The second-order valence-corrected chi connectivity index (χ2v) is 8.07. The fraction of sp³-hybridized carbons (Fsp3) is 0.227. The van der Waals surface area contributed by atoms with Gasteiger partial charge in [-0.25, -0.2) is 4.98 Å². The Balaban J connectivity index is 1.30. The van der Waals surface area contributed by atoms with Gasteiger partial charge in [0.15, 0.2) is 10.9 Å². The molecule has 2 N–H and O–H groups in total. The number of nitrogens with zero attached hydrogens (tertiary/aromatic N) is 4. The number of imidazole rings is 1. The van der Waals surface area contributed by atoms with Gasteiger partial charge in [0, 0.05) is 31.1 Å². The summed E-state index contributed by atoms with van der Waals surface area (Å²) in [6.45, 7) is 1.51. The molecule has 2 heterocycles. The number of carbonyl (C=O) groups excluding carboxylic acids is 2. The van der Waals surface area contributed by atoms with Crippen molar-refractivity contribution in [3.8, 4) is 0 Å². The van der Waals surface area contributed by atoms with Gasteiger partial charge in [0.1, 0.15) is 11.6 Å². The Morgan fingerprint density at radius 2 is 1.84 bits per heavy atom. The molecule has 0 aliphatic heterocycles. The molecular formula is C22H22N6O2S. The summed E-state index contributed by atoms with van der Waals surface area (Å²) in [5.74, 6) is 1.81. The Morgan fingerprint density at radius 3 is 2.58 bits per heavy atom. The standard InChI is InChI=1S/C22H22N6O2S/c1-14(29)15-7-9-16(10-8-15)23-21(30)13-31-22-27-26-20(28(22)2)12-11-19-24-17-5-3-4-6-18(17)25-19/h3-10H,11-13H2,1-2H3,(H,23,30)(H,24,25). The number of hydrogen-bond acceptors (Lipinski definition) is 6. The van der Waals surface area contributed by atoms with Gasteiger partial charge < -0.3 is 14.9 Å². The molecule has 0 saturated carbocycles. The predicted molar refractivity (Wildman–Crippen MR) is 120 cm³/mol. The average molecular weight is 435 g/mol. The van der Waals surface area contributed by atoms with Crippen molar-refractivity contribution in [1.29, 1.82) is 0 Å². The van der Waals surface area contributed by atoms with E-state index in [2.05, 4.69) is 25.5 Å². The molecule has 0 radical (unpaired) electrons. The van der Waals surface area contributed by atoms with Crippen LogP contribution in [0.4, 0.5) is 5.69 Å². The number of hydrogen-bond donors (Lipinski definition) is 2. The number of rotatable bonds is 8. The summed E-state index contributed by atoms with van der Waals surface area (Å²) in [6.07, 6.45) is 1.42. The minimum absolute atomic E-state index is 0.00756. The number of Topliss-reactive ketones (excluding diaryl/α,β-unsaturated/α-hetero) is 1. The van der Waals surface area contributed by atoms with Crippen molar-refractivity contribution < 1.29 is 9.59 Å². The molecule has 0 bridgehead atoms. The van der Waals surface area contributed by atoms with Crippen LogP contribution in [0.5, 0.6) is 0 Å². The van der Waals surface area contributed by atoms with Crippen molar-refractivity contribution in [3.63, 3.8) is 0 Å². The van der Waals surface area contributed by atoms with E-state index < -0.39 is 0 Å². The summed E-state index contributed by atoms with van der Waals surface area (Å²) < 4.78 is 1.91. The first kappa shape index (κ1) is 20.8. The first-order chi connectivity index (χ1) is 15.0. The van der Waals surface area contributed by atoms with Gasteiger partial charge in [0.25, 0.3) is 0 Å². The van der Waals surface area contributed by atoms with Crippen LogP contribution in [0.2, 0.25) is 0 Å². The fourth-order valence-corrected chi connectivity index (χ4v) is 3.89. The van der Waals surface area contributed by atoms with E-state index in [9.17, 15) is 9.59 Å². The molecule has 2 aromatic heterocycles. The second-order valence-electron chi connectivity index (χ2n) is 7.13. The van der Waals surface area contributed by atoms with Crippen LogP contribution in [-0.4, -0.2) is 42.2 Å². The highest BCUT2D eigenvalue weighted by Gasteiger charge is 2.13. The summed E-state index contributed by atoms with van der Waals surface area (Å²) in [7, 11) is 1.90. The zero-order valence-corrected chi connectivity index (χ0v) is 18.1. The van der Waals surface area contributed by atoms with Crippen LogP contribution in [0.1, 0.15) is 28.9 Å². The van der Waals surface area contributed by atoms with Crippen LogP contribution in [0.15, 0.2) is 53.7 Å². The molecule has 0 unspecified atom stereocenters. The third-order valence-corrected chi connectivity index (χ3v) is 5.88. The summed E-state index contributed by atoms with van der Waals surface area (Å²) >= 11 is 1.33. The van der Waals surface area contributed by atoms with Gasteiger partial charge in [-0.05, 0) is 43.3 Å². The molecule has 1 amide bonds. The monoisotopic (exact) mass is 434 g/mol. The Morgan fingerprint density at radius 1 is 1.06 bits per heavy atom. The number of aryl methyl sites for hydroxylation is 2. The maximum Gasteiger partial charge on any atom is 0.234 e. The molecule has 0 atom stereocenters. The van der Waals surface area contributed by atoms with Crippen molar-refractivity contribution in [2.24, 2.45) is 7.05 Å². The topological polar surface area (TPSA) is 106 Å². The summed E-state index contributed by atoms with van der Waals surface area (Å²) in [6, 6.07) is 14.8. The lowest BCUT2D eigenvalue weighted by atomic mass is 10.1. The molecule has 0 aliphatic carbocycles. The predicted octanol–water partition coefficient (Wildman–Crippen LogP) is 3.41. The van der Waals surface area contributed by atoms with Crippen molar-refractivity contribution in [2.75, 3.05) is 11.1 Å². The SMILES string of the molecule is CC(=O)c1ccc(NC(=O)CSc2nnc(CCc3nc4ccccc4[nH]3)n2C)cc1. The Kier molecular flexibility index (Phi) is 6.13. The van der Waals surface area contributed by atoms with Gasteiger partial charge >= 0.3 is 0 Å². The number of aromatic nitrogens is 5. The summed E-state index contributed by atoms with van der Waals surface area (Å²) in [4.78, 5) is 31.5. The Hall–Kier alpha value is -3.46. The van der Waals surface area contributed by atoms with Crippen LogP contribution in [-0.2, 0) is 24.7 Å². The molecule has 0 aliphatic rings. The number of anilines is 1. The molecule has 2 aromatic carbocycles. The second kappa shape index (κ2) is 9.13. The minimum atomic E-state index is -0.146. The molecule has 4 rings (SSSR count). The quantitative estimate of drug-likeness (QED) is 0.325. The third kappa shape index (κ3) is 5.00. The highest BCUT2D eigenvalue weighted by atomic mass is 32.2. The number of amides is 1. The third-order valence-electron chi connectivity index (χ3n) is 4.86. The number of para-hydroxylation sites is 2. The highest BCUT2D eigenvalue weighted by Crippen LogP contribution is 2.18. The molecule has 0 fully saturated rings. The van der Waals surface area contributed by atoms with E-state index in [0.717, 1.165) is 29.1 Å². The molecule has 8 nitrogen and oxygen atoms in total. The summed E-state index contributed by atoms with van der Waals surface area (Å²) in [5.41, 5.74) is 3.24. The van der Waals surface area contributed by atoms with E-state index in [-0.39, 0.29) is 17.4 Å². The number of thioether (sulfide) groups is 1. The number of ketones is 1. The van der Waals surface area contributed by atoms with Crippen LogP contribution >= 0.6 is 11.8 Å². The van der Waals surface area contributed by atoms with E-state index in [1.165, 1.54) is 18.7 Å². The van der Waals surface area contributed by atoms with E-state index in [4.69, 9.17) is 0 Å². The maximum atomic E-state index is 12.2. The number of fused-ring (bicyclic) bond motifs is 1. The normalized spacial score (nSPS) is 11.0. The van der Waals surface area contributed by atoms with E-state index in [1.54, 1.807) is 24.3 Å². The average Bonchev–Trinajstić information content (AvgIpc) is 3.34. The van der Waals surface area contributed by atoms with Crippen molar-refractivity contribution >= 4 is 40.2 Å². The maximum absolute atomic E-state index is 12.2. The molecule has 4 aromatic rings. The number of H-pyrrole nitrogens is 1. The molecule has 9 heteroatoms. The van der Waals surface area contributed by atoms with Crippen molar-refractivity contribution in [1.82, 2.24) is 24.7 Å². The van der Waals surface area contributed by atoms with Gasteiger partial charge in [-0.3, -0.25) is 9.59 Å². The van der Waals surface area contributed by atoms with Gasteiger partial charge in [-0.15, -0.1) is 10.2 Å². The lowest BCUT2D eigenvalue weighted by molar-refractivity contribution is -0.113. The van der Waals surface area contributed by atoms with Gasteiger partial charge in [-0.2, -0.15) is 0 Å². The highest BCUT2D eigenvalue weighted by molar-refractivity contribution is 7.99. The zero-order valence-electron chi connectivity index (χ0n) is 17.3. The molecule has 0 spiro atoms. The van der Waals surface area contributed by atoms with Crippen LogP contribution < -0.4 is 5.32 Å². The molecule has 158 valence electrons. The zero-order chi connectivity index (χ0) is 21.8. The fourth-order valence-electron chi connectivity index (χ4n) is 3.16. The number of benzene rings is 2. The molecular weight excluding hydrogens is 412 g/mol. The number of nitrogens with one attached hydrogen (secondary N) is 2. The van der Waals surface area contributed by atoms with E-state index >= 15 is 0 Å². The van der Waals surface area contributed by atoms with E-state index in [1.807, 2.05) is 35.9 Å². The Labute approximate surface area is 183 Å². The minimum Gasteiger partial charge on any atom is -0.342 e. The first-order valence-electron chi connectivity index (χ1n) is 9.85. The summed E-state index contributed by atoms with van der Waals surface area (Å²) in [5, 5.41) is 12.0. The van der Waals surface area contributed by atoms with E-state index in [0.29, 0.717) is 22.8 Å². The number of carbonyl (C=O) groups is 2. The lowest BCUT2D eigenvalue weighted by Gasteiger charge is -2.06. The van der Waals surface area contributed by atoms with Crippen LogP contribution in [0.3, 0.4) is 0 Å². The number of aromatic amines is 1. The Bertz CT molecular complexity index is 1200. The van der Waals surface area contributed by atoms with Gasteiger partial charge in [0.2, 0.25) is 5.91 Å². The lowest BCUT2D eigenvalue weighted by Crippen LogP contribution is -2.14. The first-order valence-corrected chi connectivity index (χ1v) is 10.8. The smallest absolute Gasteiger partial charge is 0.234 e. The van der Waals surface area contributed by atoms with Crippen molar-refractivity contribution in [2.45, 2.75) is 24.9 Å². The molecule has 31 heavy (non-hydrogen) atoms. The van der Waals surface area contributed by atoms with Gasteiger partial charge in [0.05, 0.1) is 16.8 Å². The van der Waals surface area contributed by atoms with Gasteiger partial charge in [-0.1, -0.05) is 23.9 Å². The van der Waals surface area contributed by atoms with Crippen LogP contribution in [0, 0.1) is 0 Å². The largest absolute Gasteiger partial charge is 0.342 e. The van der Waals surface area contributed by atoms with Crippen LogP contribution in [0.25, 0.3) is 11.0 Å². The molecule has 0 saturated heterocycles.